The summed E-state index contributed by atoms with van der Waals surface area (Å²) < 4.78 is 37.7. The molecule has 0 aliphatic carbocycles. The number of piperidine rings is 1. The molecule has 7 nitrogen and oxygen atoms in total. The zero-order chi connectivity index (χ0) is 20.4. The van der Waals surface area contributed by atoms with Crippen LogP contribution in [0, 0.1) is 5.92 Å². The van der Waals surface area contributed by atoms with Crippen molar-refractivity contribution in [1.82, 2.24) is 4.31 Å². The summed E-state index contributed by atoms with van der Waals surface area (Å²) in [6.45, 7) is 0.741. The van der Waals surface area contributed by atoms with Crippen molar-refractivity contribution in [2.24, 2.45) is 5.92 Å². The van der Waals surface area contributed by atoms with Crippen LogP contribution in [0.1, 0.15) is 18.4 Å². The Morgan fingerprint density at radius 3 is 2.83 bits per heavy atom. The van der Waals surface area contributed by atoms with Gasteiger partial charge in [0.1, 0.15) is 0 Å². The predicted molar refractivity (Wildman–Crippen MR) is 110 cm³/mol. The summed E-state index contributed by atoms with van der Waals surface area (Å²) in [6.07, 6.45) is 1.27. The van der Waals surface area contributed by atoms with E-state index in [2.05, 4.69) is 5.32 Å². The van der Waals surface area contributed by atoms with Crippen molar-refractivity contribution >= 4 is 33.2 Å². The van der Waals surface area contributed by atoms with Crippen LogP contribution >= 0.6 is 11.6 Å². The number of carbonyl (C=O) groups excluding carboxylic acids is 1. The number of fused-ring (bicyclic) bond motifs is 1. The van der Waals surface area contributed by atoms with E-state index in [9.17, 15) is 13.2 Å². The Kier molecular flexibility index (Phi) is 5.67. The molecule has 0 aromatic heterocycles. The maximum absolute atomic E-state index is 12.8. The number of sulfonamides is 1. The number of benzene rings is 2. The van der Waals surface area contributed by atoms with Crippen molar-refractivity contribution in [3.8, 4) is 11.5 Å². The van der Waals surface area contributed by atoms with E-state index in [1.807, 2.05) is 0 Å². The molecule has 0 spiro atoms. The van der Waals surface area contributed by atoms with Crippen LogP contribution in [-0.4, -0.2) is 38.5 Å². The first-order chi connectivity index (χ1) is 13.9. The van der Waals surface area contributed by atoms with E-state index in [1.54, 1.807) is 42.5 Å². The standard InChI is InChI=1S/C20H21ClN2O5S/c21-16-5-1-3-14(9-16)12-29(25,26)23-8-2-4-15(11-23)20(24)22-17-6-7-18-19(10-17)28-13-27-18/h1,3,5-7,9-10,15H,2,4,8,11-13H2,(H,22,24)/t15-/m0/s1. The van der Waals surface area contributed by atoms with Gasteiger partial charge < -0.3 is 14.8 Å². The van der Waals surface area contributed by atoms with Crippen LogP contribution in [0.5, 0.6) is 11.5 Å². The lowest BCUT2D eigenvalue weighted by Gasteiger charge is -2.31. The third-order valence-electron chi connectivity index (χ3n) is 5.03. The molecule has 1 atom stereocenters. The lowest BCUT2D eigenvalue weighted by molar-refractivity contribution is -0.120. The number of rotatable bonds is 5. The predicted octanol–water partition coefficient (Wildman–Crippen LogP) is 3.25. The van der Waals surface area contributed by atoms with Crippen molar-refractivity contribution in [3.05, 3.63) is 53.1 Å². The zero-order valence-electron chi connectivity index (χ0n) is 15.6. The highest BCUT2D eigenvalue weighted by Gasteiger charge is 2.32. The van der Waals surface area contributed by atoms with Gasteiger partial charge in [-0.25, -0.2) is 12.7 Å². The average Bonchev–Trinajstić information content (AvgIpc) is 3.15. The topological polar surface area (TPSA) is 84.9 Å². The molecule has 0 radical (unpaired) electrons. The molecule has 1 amide bonds. The molecule has 9 heteroatoms. The Bertz CT molecular complexity index is 1030. The van der Waals surface area contributed by atoms with Gasteiger partial charge in [-0.2, -0.15) is 0 Å². The Balaban J connectivity index is 1.41. The molecular weight excluding hydrogens is 416 g/mol. The summed E-state index contributed by atoms with van der Waals surface area (Å²) in [5.41, 5.74) is 1.22. The van der Waals surface area contributed by atoms with Crippen molar-refractivity contribution < 1.29 is 22.7 Å². The van der Waals surface area contributed by atoms with Gasteiger partial charge in [0.2, 0.25) is 22.7 Å². The minimum absolute atomic E-state index is 0.135. The van der Waals surface area contributed by atoms with Crippen LogP contribution in [0.3, 0.4) is 0 Å². The number of halogens is 1. The second-order valence-corrected chi connectivity index (χ2v) is 9.55. The first-order valence-corrected chi connectivity index (χ1v) is 11.3. The molecule has 0 saturated carbocycles. The van der Waals surface area contributed by atoms with Crippen molar-refractivity contribution in [2.45, 2.75) is 18.6 Å². The van der Waals surface area contributed by atoms with Crippen LogP contribution in [0.25, 0.3) is 0 Å². The maximum Gasteiger partial charge on any atom is 0.231 e. The smallest absolute Gasteiger partial charge is 0.231 e. The van der Waals surface area contributed by atoms with Gasteiger partial charge in [0.15, 0.2) is 11.5 Å². The van der Waals surface area contributed by atoms with Crippen LogP contribution in [-0.2, 0) is 20.6 Å². The second kappa shape index (κ2) is 8.22. The summed E-state index contributed by atoms with van der Waals surface area (Å²) in [4.78, 5) is 12.7. The fourth-order valence-electron chi connectivity index (χ4n) is 3.56. The van der Waals surface area contributed by atoms with Gasteiger partial charge in [-0.05, 0) is 42.7 Å². The number of nitrogens with zero attached hydrogens (tertiary/aromatic N) is 1. The van der Waals surface area contributed by atoms with Gasteiger partial charge in [0.05, 0.1) is 11.7 Å². The van der Waals surface area contributed by atoms with Gasteiger partial charge in [-0.15, -0.1) is 0 Å². The van der Waals surface area contributed by atoms with Crippen LogP contribution in [0.15, 0.2) is 42.5 Å². The molecule has 2 aliphatic rings. The highest BCUT2D eigenvalue weighted by Crippen LogP contribution is 2.34. The normalized spacial score (nSPS) is 19.1. The molecule has 29 heavy (non-hydrogen) atoms. The van der Waals surface area contributed by atoms with Crippen molar-refractivity contribution in [1.29, 1.82) is 0 Å². The Hall–Kier alpha value is -2.29. The van der Waals surface area contributed by atoms with E-state index < -0.39 is 15.9 Å². The molecule has 154 valence electrons. The van der Waals surface area contributed by atoms with Gasteiger partial charge in [0, 0.05) is 29.9 Å². The fraction of sp³-hybridized carbons (Fsp3) is 0.350. The monoisotopic (exact) mass is 436 g/mol. The third-order valence-corrected chi connectivity index (χ3v) is 7.08. The maximum atomic E-state index is 12.8. The summed E-state index contributed by atoms with van der Waals surface area (Å²) in [5.74, 6) is 0.468. The molecule has 0 unspecified atom stereocenters. The quantitative estimate of drug-likeness (QED) is 0.777. The molecule has 4 rings (SSSR count). The van der Waals surface area contributed by atoms with E-state index in [-0.39, 0.29) is 25.0 Å². The molecule has 2 aliphatic heterocycles. The third kappa shape index (κ3) is 4.66. The summed E-state index contributed by atoms with van der Waals surface area (Å²) in [7, 11) is -3.54. The molecule has 1 saturated heterocycles. The van der Waals surface area contributed by atoms with Crippen molar-refractivity contribution in [2.75, 3.05) is 25.2 Å². The van der Waals surface area contributed by atoms with Gasteiger partial charge in [-0.3, -0.25) is 4.79 Å². The number of hydrogen-bond acceptors (Lipinski definition) is 5. The van der Waals surface area contributed by atoms with Gasteiger partial charge in [-0.1, -0.05) is 23.7 Å². The zero-order valence-corrected chi connectivity index (χ0v) is 17.2. The molecule has 1 fully saturated rings. The number of amides is 1. The molecule has 2 aromatic rings. The Morgan fingerprint density at radius 1 is 1.17 bits per heavy atom. The summed E-state index contributed by atoms with van der Waals surface area (Å²) in [6, 6.07) is 12.0. The number of hydrogen-bond donors (Lipinski definition) is 1. The fourth-order valence-corrected chi connectivity index (χ4v) is 5.37. The lowest BCUT2D eigenvalue weighted by atomic mass is 9.98. The Labute approximate surface area is 174 Å². The minimum atomic E-state index is -3.54. The summed E-state index contributed by atoms with van der Waals surface area (Å²) >= 11 is 5.96. The first-order valence-electron chi connectivity index (χ1n) is 9.33. The molecule has 0 bridgehead atoms. The van der Waals surface area contributed by atoms with Crippen LogP contribution < -0.4 is 14.8 Å². The lowest BCUT2D eigenvalue weighted by Crippen LogP contribution is -2.44. The Morgan fingerprint density at radius 2 is 2.00 bits per heavy atom. The van der Waals surface area contributed by atoms with E-state index in [0.717, 1.165) is 0 Å². The van der Waals surface area contributed by atoms with Crippen LogP contribution in [0.2, 0.25) is 5.02 Å². The van der Waals surface area contributed by atoms with E-state index in [4.69, 9.17) is 21.1 Å². The molecule has 2 aromatic carbocycles. The number of ether oxygens (including phenoxy) is 2. The number of carbonyl (C=O) groups is 1. The van der Waals surface area contributed by atoms with E-state index in [0.29, 0.717) is 47.2 Å². The highest BCUT2D eigenvalue weighted by atomic mass is 35.5. The SMILES string of the molecule is O=C(Nc1ccc2c(c1)OCO2)[C@H]1CCCN(S(=O)(=O)Cc2cccc(Cl)c2)C1. The largest absolute Gasteiger partial charge is 0.454 e. The summed E-state index contributed by atoms with van der Waals surface area (Å²) in [5, 5.41) is 3.35. The van der Waals surface area contributed by atoms with Gasteiger partial charge in [0.25, 0.3) is 0 Å². The van der Waals surface area contributed by atoms with Crippen LogP contribution in [0.4, 0.5) is 5.69 Å². The first kappa shape index (κ1) is 20.0. The highest BCUT2D eigenvalue weighted by molar-refractivity contribution is 7.88. The minimum Gasteiger partial charge on any atom is -0.454 e. The molecular formula is C20H21ClN2O5S. The number of anilines is 1. The molecule has 2 heterocycles. The number of nitrogens with one attached hydrogen (secondary N) is 1. The van der Waals surface area contributed by atoms with E-state index >= 15 is 0 Å². The van der Waals surface area contributed by atoms with Gasteiger partial charge >= 0.3 is 0 Å². The van der Waals surface area contributed by atoms with Crippen molar-refractivity contribution in [3.63, 3.8) is 0 Å². The molecule has 1 N–H and O–H groups in total. The van der Waals surface area contributed by atoms with E-state index in [1.165, 1.54) is 4.31 Å². The second-order valence-electron chi connectivity index (χ2n) is 7.14. The average molecular weight is 437 g/mol.